The molecule has 0 unspecified atom stereocenters. The number of hydrogen-bond acceptors (Lipinski definition) is 5. The number of carbonyl (C=O) groups is 1. The van der Waals surface area contributed by atoms with E-state index in [2.05, 4.69) is 10.2 Å². The highest BCUT2D eigenvalue weighted by Gasteiger charge is 2.38. The first kappa shape index (κ1) is 24.5. The second kappa shape index (κ2) is 11.6. The Balaban J connectivity index is 1.47. The van der Waals surface area contributed by atoms with Crippen LogP contribution >= 0.6 is 11.6 Å². The van der Waals surface area contributed by atoms with E-state index in [1.165, 1.54) is 25.0 Å². The number of likely N-dealkylation sites (tertiary alicyclic amines) is 1. The number of nitrogens with zero attached hydrogens (tertiary/aromatic N) is 2. The number of benzene rings is 1. The van der Waals surface area contributed by atoms with Gasteiger partial charge in [0.25, 0.3) is 0 Å². The van der Waals surface area contributed by atoms with Gasteiger partial charge in [0.2, 0.25) is 15.9 Å². The predicted octanol–water partition coefficient (Wildman–Crippen LogP) is 2.89. The number of nitrogens with one attached hydrogen (secondary N) is 1. The van der Waals surface area contributed by atoms with Gasteiger partial charge in [-0.25, -0.2) is 8.42 Å². The van der Waals surface area contributed by atoms with Crippen molar-refractivity contribution in [3.8, 4) is 0 Å². The summed E-state index contributed by atoms with van der Waals surface area (Å²) in [6, 6.07) is 5.83. The van der Waals surface area contributed by atoms with Crippen LogP contribution in [-0.2, 0) is 19.6 Å². The van der Waals surface area contributed by atoms with Crippen LogP contribution in [0.5, 0.6) is 0 Å². The Bertz CT molecular complexity index is 813. The Labute approximate surface area is 191 Å². The third kappa shape index (κ3) is 6.89. The molecule has 3 rings (SSSR count). The molecule has 0 aromatic heterocycles. The molecular formula is C22H34ClN3O4S. The summed E-state index contributed by atoms with van der Waals surface area (Å²) in [5.41, 5.74) is 0. The first-order valence-corrected chi connectivity index (χ1v) is 13.1. The van der Waals surface area contributed by atoms with Gasteiger partial charge in [-0.05, 0) is 82.9 Å². The van der Waals surface area contributed by atoms with Gasteiger partial charge in [0.15, 0.2) is 0 Å². The van der Waals surface area contributed by atoms with Crippen molar-refractivity contribution in [1.29, 1.82) is 0 Å². The van der Waals surface area contributed by atoms with Crippen LogP contribution in [0.25, 0.3) is 0 Å². The summed E-state index contributed by atoms with van der Waals surface area (Å²) in [5.74, 6) is -0.155. The fraction of sp³-hybridized carbons (Fsp3) is 0.682. The molecule has 2 heterocycles. The molecule has 2 aliphatic heterocycles. The predicted molar refractivity (Wildman–Crippen MR) is 122 cm³/mol. The third-order valence-corrected chi connectivity index (χ3v) is 8.39. The fourth-order valence-electron chi connectivity index (χ4n) is 4.46. The van der Waals surface area contributed by atoms with Crippen LogP contribution in [0.3, 0.4) is 0 Å². The van der Waals surface area contributed by atoms with E-state index in [9.17, 15) is 13.2 Å². The van der Waals surface area contributed by atoms with E-state index in [1.54, 1.807) is 16.4 Å². The first-order chi connectivity index (χ1) is 14.9. The van der Waals surface area contributed by atoms with E-state index in [1.807, 2.05) is 6.92 Å². The van der Waals surface area contributed by atoms with Crippen LogP contribution < -0.4 is 5.32 Å². The zero-order valence-electron chi connectivity index (χ0n) is 18.3. The van der Waals surface area contributed by atoms with Crippen molar-refractivity contribution in [2.45, 2.75) is 62.4 Å². The van der Waals surface area contributed by atoms with Gasteiger partial charge >= 0.3 is 0 Å². The lowest BCUT2D eigenvalue weighted by atomic mass is 10.0. The van der Waals surface area contributed by atoms with Gasteiger partial charge in [-0.3, -0.25) is 4.79 Å². The maximum absolute atomic E-state index is 13.2. The minimum absolute atomic E-state index is 0.0522. The van der Waals surface area contributed by atoms with Crippen molar-refractivity contribution in [1.82, 2.24) is 14.5 Å². The van der Waals surface area contributed by atoms with Crippen molar-refractivity contribution in [3.05, 3.63) is 29.3 Å². The van der Waals surface area contributed by atoms with Crippen molar-refractivity contribution in [3.63, 3.8) is 0 Å². The average Bonchev–Trinajstić information content (AvgIpc) is 3.25. The lowest BCUT2D eigenvalue weighted by Crippen LogP contribution is -2.50. The van der Waals surface area contributed by atoms with Crippen molar-refractivity contribution < 1.29 is 17.9 Å². The Kier molecular flexibility index (Phi) is 9.16. The molecule has 1 aromatic rings. The number of carbonyl (C=O) groups excluding carboxylic acids is 1. The minimum atomic E-state index is -3.66. The summed E-state index contributed by atoms with van der Waals surface area (Å²) in [5, 5.41) is 3.39. The molecule has 0 spiro atoms. The van der Waals surface area contributed by atoms with Crippen molar-refractivity contribution in [2.24, 2.45) is 0 Å². The lowest BCUT2D eigenvalue weighted by molar-refractivity contribution is -0.126. The van der Waals surface area contributed by atoms with Gasteiger partial charge in [0, 0.05) is 23.7 Å². The summed E-state index contributed by atoms with van der Waals surface area (Å²) < 4.78 is 33.7. The number of piperidine rings is 1. The average molecular weight is 472 g/mol. The normalized spacial score (nSPS) is 23.2. The molecule has 1 amide bonds. The van der Waals surface area contributed by atoms with E-state index in [0.717, 1.165) is 38.9 Å². The summed E-state index contributed by atoms with van der Waals surface area (Å²) in [6.07, 6.45) is 5.93. The summed E-state index contributed by atoms with van der Waals surface area (Å²) in [4.78, 5) is 14.7. The minimum Gasteiger partial charge on any atom is -0.370 e. The summed E-state index contributed by atoms with van der Waals surface area (Å²) in [6.45, 7) is 6.04. The van der Waals surface area contributed by atoms with Gasteiger partial charge in [-0.1, -0.05) is 18.0 Å². The van der Waals surface area contributed by atoms with Gasteiger partial charge in [0.05, 0.1) is 11.5 Å². The Morgan fingerprint density at radius 1 is 1.16 bits per heavy atom. The molecule has 1 aromatic carbocycles. The van der Waals surface area contributed by atoms with Crippen LogP contribution in [0.1, 0.15) is 45.4 Å². The number of sulfonamides is 1. The van der Waals surface area contributed by atoms with Crippen molar-refractivity contribution >= 4 is 27.5 Å². The molecule has 1 N–H and O–H groups in total. The number of rotatable bonds is 10. The lowest BCUT2D eigenvalue weighted by Gasteiger charge is -2.39. The number of ether oxygens (including phenoxy) is 1. The third-order valence-electron chi connectivity index (χ3n) is 6.06. The fourth-order valence-corrected chi connectivity index (χ4v) is 6.44. The zero-order chi connectivity index (χ0) is 22.3. The van der Waals surface area contributed by atoms with Crippen LogP contribution in [0.4, 0.5) is 0 Å². The second-order valence-electron chi connectivity index (χ2n) is 8.49. The molecule has 2 aliphatic rings. The Morgan fingerprint density at radius 3 is 2.58 bits per heavy atom. The standard InChI is InChI=1S/C22H34ClN3O4S/c1-18-6-4-7-20(26(18)31(28,29)21-10-8-19(23)9-11-21)16-30-17-22(27)24-12-5-15-25-13-2-3-14-25/h8-11,18,20H,2-7,12-17H2,1H3,(H,24,27)/t18-,20-/m1/s1. The Morgan fingerprint density at radius 2 is 1.87 bits per heavy atom. The first-order valence-electron chi connectivity index (χ1n) is 11.2. The smallest absolute Gasteiger partial charge is 0.245 e. The van der Waals surface area contributed by atoms with Crippen LogP contribution in [0.15, 0.2) is 29.2 Å². The topological polar surface area (TPSA) is 79.0 Å². The van der Waals surface area contributed by atoms with Gasteiger partial charge < -0.3 is 15.0 Å². The second-order valence-corrected chi connectivity index (χ2v) is 10.8. The van der Waals surface area contributed by atoms with Crippen LogP contribution in [0.2, 0.25) is 5.02 Å². The molecule has 2 atom stereocenters. The monoisotopic (exact) mass is 471 g/mol. The molecule has 0 radical (unpaired) electrons. The molecule has 9 heteroatoms. The maximum Gasteiger partial charge on any atom is 0.245 e. The van der Waals surface area contributed by atoms with Crippen LogP contribution in [0, 0.1) is 0 Å². The number of amides is 1. The molecule has 0 aliphatic carbocycles. The molecule has 0 saturated carbocycles. The Hall–Kier alpha value is -1.19. The highest BCUT2D eigenvalue weighted by Crippen LogP contribution is 2.30. The SMILES string of the molecule is C[C@@H]1CCC[C@H](COCC(=O)NCCCN2CCCC2)N1S(=O)(=O)c1ccc(Cl)cc1. The van der Waals surface area contributed by atoms with E-state index in [0.29, 0.717) is 18.0 Å². The molecule has 7 nitrogen and oxygen atoms in total. The molecular weight excluding hydrogens is 438 g/mol. The molecule has 2 fully saturated rings. The van der Waals surface area contributed by atoms with Gasteiger partial charge in [-0.2, -0.15) is 4.31 Å². The van der Waals surface area contributed by atoms with E-state index in [-0.39, 0.29) is 36.1 Å². The van der Waals surface area contributed by atoms with Gasteiger partial charge in [-0.15, -0.1) is 0 Å². The van der Waals surface area contributed by atoms with Crippen LogP contribution in [-0.4, -0.2) is 75.0 Å². The molecule has 2 saturated heterocycles. The molecule has 0 bridgehead atoms. The highest BCUT2D eigenvalue weighted by molar-refractivity contribution is 7.89. The van der Waals surface area contributed by atoms with Gasteiger partial charge in [0.1, 0.15) is 6.61 Å². The number of hydrogen-bond donors (Lipinski definition) is 1. The number of halogens is 1. The molecule has 31 heavy (non-hydrogen) atoms. The summed E-state index contributed by atoms with van der Waals surface area (Å²) in [7, 11) is -3.66. The summed E-state index contributed by atoms with van der Waals surface area (Å²) >= 11 is 5.91. The zero-order valence-corrected chi connectivity index (χ0v) is 19.8. The molecule has 174 valence electrons. The van der Waals surface area contributed by atoms with E-state index < -0.39 is 10.0 Å². The van der Waals surface area contributed by atoms with Crippen molar-refractivity contribution in [2.75, 3.05) is 39.4 Å². The largest absolute Gasteiger partial charge is 0.370 e. The highest BCUT2D eigenvalue weighted by atomic mass is 35.5. The van der Waals surface area contributed by atoms with E-state index in [4.69, 9.17) is 16.3 Å². The maximum atomic E-state index is 13.2. The van der Waals surface area contributed by atoms with E-state index >= 15 is 0 Å². The quantitative estimate of drug-likeness (QED) is 0.531.